The molecule has 0 amide bonds. The summed E-state index contributed by atoms with van der Waals surface area (Å²) in [5, 5.41) is 3.21. The van der Waals surface area contributed by atoms with Gasteiger partial charge in [0.25, 0.3) is 5.56 Å². The molecule has 1 heterocycles. The average molecular weight is 338 g/mol. The van der Waals surface area contributed by atoms with E-state index in [1.165, 1.54) is 11.6 Å². The average Bonchev–Trinajstić information content (AvgIpc) is 2.44. The Labute approximate surface area is 125 Å². The van der Waals surface area contributed by atoms with Crippen molar-refractivity contribution in [2.75, 3.05) is 0 Å². The Hall–Kier alpha value is -1.66. The van der Waals surface area contributed by atoms with Gasteiger partial charge < -0.3 is 9.88 Å². The maximum absolute atomic E-state index is 12.0. The van der Waals surface area contributed by atoms with Gasteiger partial charge in [-0.1, -0.05) is 34.1 Å². The van der Waals surface area contributed by atoms with E-state index < -0.39 is 0 Å². The van der Waals surface area contributed by atoms with Crippen LogP contribution in [0, 0.1) is 0 Å². The third-order valence-electron chi connectivity index (χ3n) is 3.11. The van der Waals surface area contributed by atoms with E-state index in [0.29, 0.717) is 18.7 Å². The highest BCUT2D eigenvalue weighted by Crippen LogP contribution is 2.15. The largest absolute Gasteiger partial charge is 0.330 e. The summed E-state index contributed by atoms with van der Waals surface area (Å²) < 4.78 is 3.56. The van der Waals surface area contributed by atoms with Crippen molar-refractivity contribution in [2.24, 2.45) is 14.1 Å². The Kier molecular flexibility index (Phi) is 4.57. The van der Waals surface area contributed by atoms with Crippen molar-refractivity contribution < 1.29 is 0 Å². The molecule has 0 saturated carbocycles. The minimum atomic E-state index is -0.315. The quantitative estimate of drug-likeness (QED) is 0.910. The first-order chi connectivity index (χ1) is 9.50. The first-order valence-electron chi connectivity index (χ1n) is 6.20. The first kappa shape index (κ1) is 14.7. The zero-order valence-electron chi connectivity index (χ0n) is 11.4. The molecule has 0 spiro atoms. The van der Waals surface area contributed by atoms with Gasteiger partial charge in [0.2, 0.25) is 0 Å². The Balaban J connectivity index is 2.11. The molecule has 6 heteroatoms. The van der Waals surface area contributed by atoms with E-state index in [-0.39, 0.29) is 11.2 Å². The number of aryl methyl sites for hydroxylation is 1. The summed E-state index contributed by atoms with van der Waals surface area (Å²) in [6, 6.07) is 7.90. The molecule has 1 aromatic carbocycles. The lowest BCUT2D eigenvalue weighted by molar-refractivity contribution is 0.630. The standard InChI is InChI=1S/C14H16BrN3O2/c1-17-9-11(13(19)18(2)14(17)20)8-16-7-10-5-3-4-6-12(10)15/h3-6,9,16H,7-8H2,1-2H3. The van der Waals surface area contributed by atoms with E-state index in [1.54, 1.807) is 13.2 Å². The number of hydrogen-bond acceptors (Lipinski definition) is 3. The van der Waals surface area contributed by atoms with Gasteiger partial charge in [0, 0.05) is 43.4 Å². The molecule has 106 valence electrons. The van der Waals surface area contributed by atoms with Crippen molar-refractivity contribution in [3.8, 4) is 0 Å². The van der Waals surface area contributed by atoms with Crippen molar-refractivity contribution in [1.82, 2.24) is 14.5 Å². The maximum Gasteiger partial charge on any atom is 0.330 e. The van der Waals surface area contributed by atoms with E-state index in [4.69, 9.17) is 0 Å². The van der Waals surface area contributed by atoms with Crippen LogP contribution in [0.2, 0.25) is 0 Å². The van der Waals surface area contributed by atoms with Gasteiger partial charge in [-0.3, -0.25) is 9.36 Å². The highest BCUT2D eigenvalue weighted by atomic mass is 79.9. The van der Waals surface area contributed by atoms with Crippen LogP contribution in [0.25, 0.3) is 0 Å². The summed E-state index contributed by atoms with van der Waals surface area (Å²) in [7, 11) is 3.13. The normalized spacial score (nSPS) is 10.8. The summed E-state index contributed by atoms with van der Waals surface area (Å²) >= 11 is 3.48. The zero-order chi connectivity index (χ0) is 14.7. The second-order valence-corrected chi connectivity index (χ2v) is 5.46. The van der Waals surface area contributed by atoms with Gasteiger partial charge in [-0.25, -0.2) is 4.79 Å². The number of halogens is 1. The molecular weight excluding hydrogens is 322 g/mol. The minimum absolute atomic E-state index is 0.257. The van der Waals surface area contributed by atoms with Crippen LogP contribution in [-0.4, -0.2) is 9.13 Å². The van der Waals surface area contributed by atoms with E-state index >= 15 is 0 Å². The second kappa shape index (κ2) is 6.19. The molecule has 1 N–H and O–H groups in total. The minimum Gasteiger partial charge on any atom is -0.308 e. The van der Waals surface area contributed by atoms with E-state index in [0.717, 1.165) is 14.6 Å². The molecule has 0 aliphatic carbocycles. The topological polar surface area (TPSA) is 56.0 Å². The van der Waals surface area contributed by atoms with Gasteiger partial charge in [0.1, 0.15) is 0 Å². The van der Waals surface area contributed by atoms with Gasteiger partial charge in [-0.15, -0.1) is 0 Å². The lowest BCUT2D eigenvalue weighted by atomic mass is 10.2. The van der Waals surface area contributed by atoms with Crippen LogP contribution in [0.5, 0.6) is 0 Å². The number of nitrogens with zero attached hydrogens (tertiary/aromatic N) is 2. The monoisotopic (exact) mass is 337 g/mol. The summed E-state index contributed by atoms with van der Waals surface area (Å²) in [5.41, 5.74) is 1.12. The molecular formula is C14H16BrN3O2. The molecule has 0 bridgehead atoms. The molecule has 0 unspecified atom stereocenters. The van der Waals surface area contributed by atoms with Crippen LogP contribution in [0.15, 0.2) is 44.5 Å². The van der Waals surface area contributed by atoms with Crippen molar-refractivity contribution >= 4 is 15.9 Å². The van der Waals surface area contributed by atoms with Gasteiger partial charge >= 0.3 is 5.69 Å². The van der Waals surface area contributed by atoms with Crippen LogP contribution < -0.4 is 16.6 Å². The summed E-state index contributed by atoms with van der Waals surface area (Å²) in [6.07, 6.45) is 1.58. The Bertz CT molecular complexity index is 734. The zero-order valence-corrected chi connectivity index (χ0v) is 13.0. The molecule has 5 nitrogen and oxygen atoms in total. The van der Waals surface area contributed by atoms with Crippen LogP contribution >= 0.6 is 15.9 Å². The van der Waals surface area contributed by atoms with E-state index in [9.17, 15) is 9.59 Å². The first-order valence-corrected chi connectivity index (χ1v) is 6.99. The van der Waals surface area contributed by atoms with E-state index in [2.05, 4.69) is 21.2 Å². The molecule has 2 rings (SSSR count). The van der Waals surface area contributed by atoms with Crippen molar-refractivity contribution in [2.45, 2.75) is 13.1 Å². The van der Waals surface area contributed by atoms with Crippen LogP contribution in [-0.2, 0) is 27.2 Å². The highest BCUT2D eigenvalue weighted by molar-refractivity contribution is 9.10. The van der Waals surface area contributed by atoms with Crippen molar-refractivity contribution in [3.05, 3.63) is 66.9 Å². The van der Waals surface area contributed by atoms with Crippen molar-refractivity contribution in [3.63, 3.8) is 0 Å². The number of aromatic nitrogens is 2. The predicted molar refractivity (Wildman–Crippen MR) is 81.6 cm³/mol. The fourth-order valence-electron chi connectivity index (χ4n) is 1.98. The van der Waals surface area contributed by atoms with E-state index in [1.807, 2.05) is 24.3 Å². The summed E-state index contributed by atoms with van der Waals surface area (Å²) in [4.78, 5) is 23.5. The Morgan fingerprint density at radius 3 is 2.45 bits per heavy atom. The third-order valence-corrected chi connectivity index (χ3v) is 3.88. The fourth-order valence-corrected chi connectivity index (χ4v) is 2.40. The lowest BCUT2D eigenvalue weighted by Crippen LogP contribution is -2.39. The number of hydrogen-bond donors (Lipinski definition) is 1. The summed E-state index contributed by atoms with van der Waals surface area (Å²) in [6.45, 7) is 1.07. The molecule has 0 aliphatic rings. The number of nitrogens with one attached hydrogen (secondary N) is 1. The lowest BCUT2D eigenvalue weighted by Gasteiger charge is -2.09. The van der Waals surface area contributed by atoms with Crippen LogP contribution in [0.4, 0.5) is 0 Å². The van der Waals surface area contributed by atoms with Gasteiger partial charge in [0.15, 0.2) is 0 Å². The molecule has 1 aromatic heterocycles. The molecule has 20 heavy (non-hydrogen) atoms. The van der Waals surface area contributed by atoms with Gasteiger partial charge in [-0.2, -0.15) is 0 Å². The van der Waals surface area contributed by atoms with Crippen LogP contribution in [0.1, 0.15) is 11.1 Å². The molecule has 0 aliphatic heterocycles. The highest BCUT2D eigenvalue weighted by Gasteiger charge is 2.06. The number of rotatable bonds is 4. The molecule has 0 radical (unpaired) electrons. The Morgan fingerprint density at radius 1 is 1.10 bits per heavy atom. The van der Waals surface area contributed by atoms with Gasteiger partial charge in [0.05, 0.1) is 0 Å². The summed E-state index contributed by atoms with van der Waals surface area (Å²) in [5.74, 6) is 0. The molecule has 2 aromatic rings. The SMILES string of the molecule is Cn1cc(CNCc2ccccc2Br)c(=O)n(C)c1=O. The Morgan fingerprint density at radius 2 is 1.75 bits per heavy atom. The molecule has 0 fully saturated rings. The second-order valence-electron chi connectivity index (χ2n) is 4.61. The molecule has 0 saturated heterocycles. The fraction of sp³-hybridized carbons (Fsp3) is 0.286. The van der Waals surface area contributed by atoms with Crippen molar-refractivity contribution in [1.29, 1.82) is 0 Å². The molecule has 0 atom stereocenters. The smallest absolute Gasteiger partial charge is 0.308 e. The van der Waals surface area contributed by atoms with Crippen LogP contribution in [0.3, 0.4) is 0 Å². The third kappa shape index (κ3) is 3.08. The maximum atomic E-state index is 12.0. The predicted octanol–water partition coefficient (Wildman–Crippen LogP) is 1.14. The number of benzene rings is 1. The van der Waals surface area contributed by atoms with Gasteiger partial charge in [-0.05, 0) is 11.6 Å².